The molecular formula is C18H15FN2O2S2. The molecule has 1 aromatic heterocycles. The van der Waals surface area contributed by atoms with E-state index in [9.17, 15) is 9.18 Å². The number of thiazole rings is 1. The van der Waals surface area contributed by atoms with Gasteiger partial charge < -0.3 is 10.1 Å². The van der Waals surface area contributed by atoms with Gasteiger partial charge in [0.25, 0.3) is 0 Å². The van der Waals surface area contributed by atoms with Crippen LogP contribution in [0.1, 0.15) is 0 Å². The average Bonchev–Trinajstić information content (AvgIpc) is 3.09. The number of hydrogen-bond donors (Lipinski definition) is 1. The van der Waals surface area contributed by atoms with Gasteiger partial charge in [0.15, 0.2) is 5.13 Å². The maximum atomic E-state index is 13.5. The van der Waals surface area contributed by atoms with Crippen LogP contribution in [0.3, 0.4) is 0 Å². The van der Waals surface area contributed by atoms with Gasteiger partial charge in [-0.1, -0.05) is 12.1 Å². The Morgan fingerprint density at radius 3 is 2.72 bits per heavy atom. The van der Waals surface area contributed by atoms with Crippen molar-refractivity contribution in [2.75, 3.05) is 18.2 Å². The molecule has 3 rings (SSSR count). The molecule has 128 valence electrons. The normalized spacial score (nSPS) is 10.5. The molecule has 1 heterocycles. The smallest absolute Gasteiger partial charge is 0.236 e. The molecule has 0 saturated heterocycles. The Bertz CT molecular complexity index is 866. The summed E-state index contributed by atoms with van der Waals surface area (Å²) in [6.07, 6.45) is 0. The standard InChI is InChI=1S/C18H15FN2O2S2/c1-23-13-8-6-12(7-9-13)15-10-25-18(20-15)21-17(22)11-24-16-5-3-2-4-14(16)19/h2-10H,11H2,1H3,(H,20,21,22). The molecule has 3 aromatic rings. The molecule has 0 aliphatic carbocycles. The van der Waals surface area contributed by atoms with Gasteiger partial charge in [0.1, 0.15) is 11.6 Å². The number of thioether (sulfide) groups is 1. The number of benzene rings is 2. The number of aromatic nitrogens is 1. The van der Waals surface area contributed by atoms with Crippen LogP contribution in [0.15, 0.2) is 58.8 Å². The minimum atomic E-state index is -0.323. The number of anilines is 1. The topological polar surface area (TPSA) is 51.2 Å². The van der Waals surface area contributed by atoms with E-state index in [1.807, 2.05) is 29.6 Å². The molecule has 0 aliphatic heterocycles. The number of ether oxygens (including phenoxy) is 1. The monoisotopic (exact) mass is 374 g/mol. The fourth-order valence-electron chi connectivity index (χ4n) is 2.09. The van der Waals surface area contributed by atoms with Crippen molar-refractivity contribution in [2.45, 2.75) is 4.90 Å². The molecule has 0 fully saturated rings. The third-order valence-electron chi connectivity index (χ3n) is 3.33. The second kappa shape index (κ2) is 8.13. The highest BCUT2D eigenvalue weighted by Gasteiger charge is 2.10. The first-order valence-corrected chi connectivity index (χ1v) is 9.29. The zero-order valence-electron chi connectivity index (χ0n) is 13.4. The fourth-order valence-corrected chi connectivity index (χ4v) is 3.56. The number of carbonyl (C=O) groups is 1. The highest BCUT2D eigenvalue weighted by Crippen LogP contribution is 2.27. The second-order valence-corrected chi connectivity index (χ2v) is 6.91. The quantitative estimate of drug-likeness (QED) is 0.636. The summed E-state index contributed by atoms with van der Waals surface area (Å²) in [6, 6.07) is 13.9. The van der Waals surface area contributed by atoms with Crippen LogP contribution in [-0.2, 0) is 4.79 Å². The van der Waals surface area contributed by atoms with Crippen LogP contribution in [-0.4, -0.2) is 23.8 Å². The average molecular weight is 374 g/mol. The molecule has 1 N–H and O–H groups in total. The first-order valence-electron chi connectivity index (χ1n) is 7.43. The summed E-state index contributed by atoms with van der Waals surface area (Å²) in [4.78, 5) is 16.9. The molecule has 1 amide bonds. The molecule has 7 heteroatoms. The maximum Gasteiger partial charge on any atom is 0.236 e. The van der Waals surface area contributed by atoms with Crippen LogP contribution in [0.25, 0.3) is 11.3 Å². The number of nitrogens with zero attached hydrogens (tertiary/aromatic N) is 1. The van der Waals surface area contributed by atoms with Crippen LogP contribution >= 0.6 is 23.1 Å². The van der Waals surface area contributed by atoms with Crippen molar-refractivity contribution in [1.82, 2.24) is 4.98 Å². The Hall–Kier alpha value is -2.38. The SMILES string of the molecule is COc1ccc(-c2csc(NC(=O)CSc3ccccc3F)n2)cc1. The lowest BCUT2D eigenvalue weighted by Crippen LogP contribution is -2.13. The van der Waals surface area contributed by atoms with Gasteiger partial charge in [-0.3, -0.25) is 4.79 Å². The van der Waals surface area contributed by atoms with E-state index in [0.29, 0.717) is 10.0 Å². The largest absolute Gasteiger partial charge is 0.497 e. The van der Waals surface area contributed by atoms with E-state index in [2.05, 4.69) is 10.3 Å². The lowest BCUT2D eigenvalue weighted by molar-refractivity contribution is -0.113. The predicted octanol–water partition coefficient (Wildman–Crippen LogP) is 4.69. The van der Waals surface area contributed by atoms with Gasteiger partial charge in [-0.2, -0.15) is 0 Å². The van der Waals surface area contributed by atoms with Crippen LogP contribution < -0.4 is 10.1 Å². The van der Waals surface area contributed by atoms with Crippen LogP contribution in [0, 0.1) is 5.82 Å². The summed E-state index contributed by atoms with van der Waals surface area (Å²) in [5, 5.41) is 5.14. The van der Waals surface area contributed by atoms with Crippen molar-refractivity contribution < 1.29 is 13.9 Å². The van der Waals surface area contributed by atoms with Crippen molar-refractivity contribution in [1.29, 1.82) is 0 Å². The Morgan fingerprint density at radius 2 is 2.00 bits per heavy atom. The first-order chi connectivity index (χ1) is 12.2. The van der Waals surface area contributed by atoms with Crippen LogP contribution in [0.5, 0.6) is 5.75 Å². The summed E-state index contributed by atoms with van der Waals surface area (Å²) < 4.78 is 18.7. The molecule has 0 bridgehead atoms. The van der Waals surface area contributed by atoms with E-state index in [1.54, 1.807) is 25.3 Å². The van der Waals surface area contributed by atoms with E-state index in [1.165, 1.54) is 17.4 Å². The summed E-state index contributed by atoms with van der Waals surface area (Å²) in [5.41, 5.74) is 1.72. The molecule has 0 radical (unpaired) electrons. The molecule has 0 spiro atoms. The first kappa shape index (κ1) is 17.4. The van der Waals surface area contributed by atoms with E-state index in [-0.39, 0.29) is 17.5 Å². The Kier molecular flexibility index (Phi) is 5.67. The number of methoxy groups -OCH3 is 1. The molecular weight excluding hydrogens is 359 g/mol. The van der Waals surface area contributed by atoms with Crippen LogP contribution in [0.2, 0.25) is 0 Å². The summed E-state index contributed by atoms with van der Waals surface area (Å²) in [7, 11) is 1.62. The Morgan fingerprint density at radius 1 is 1.24 bits per heavy atom. The molecule has 0 unspecified atom stereocenters. The van der Waals surface area contributed by atoms with Gasteiger partial charge >= 0.3 is 0 Å². The number of halogens is 1. The summed E-state index contributed by atoms with van der Waals surface area (Å²) in [5.74, 6) is 0.358. The van der Waals surface area contributed by atoms with Gasteiger partial charge in [0.2, 0.25) is 5.91 Å². The van der Waals surface area contributed by atoms with Gasteiger partial charge in [0, 0.05) is 15.8 Å². The zero-order valence-corrected chi connectivity index (χ0v) is 15.0. The number of hydrogen-bond acceptors (Lipinski definition) is 5. The molecule has 0 atom stereocenters. The fraction of sp³-hybridized carbons (Fsp3) is 0.111. The van der Waals surface area contributed by atoms with Gasteiger partial charge in [-0.15, -0.1) is 23.1 Å². The highest BCUT2D eigenvalue weighted by molar-refractivity contribution is 8.00. The van der Waals surface area contributed by atoms with Gasteiger partial charge in [0.05, 0.1) is 18.6 Å². The van der Waals surface area contributed by atoms with Crippen molar-refractivity contribution in [3.05, 3.63) is 59.7 Å². The summed E-state index contributed by atoms with van der Waals surface area (Å²) >= 11 is 2.51. The van der Waals surface area contributed by atoms with Gasteiger partial charge in [-0.05, 0) is 36.4 Å². The van der Waals surface area contributed by atoms with Gasteiger partial charge in [-0.25, -0.2) is 9.37 Å². The van der Waals surface area contributed by atoms with Crippen LogP contribution in [0.4, 0.5) is 9.52 Å². The van der Waals surface area contributed by atoms with Crippen molar-refractivity contribution in [2.24, 2.45) is 0 Å². The minimum Gasteiger partial charge on any atom is -0.497 e. The zero-order chi connectivity index (χ0) is 17.6. The minimum absolute atomic E-state index is 0.123. The second-order valence-electron chi connectivity index (χ2n) is 5.03. The number of nitrogens with one attached hydrogen (secondary N) is 1. The third kappa shape index (κ3) is 4.58. The Labute approximate surface area is 153 Å². The number of carbonyl (C=O) groups excluding carboxylic acids is 1. The number of amides is 1. The van der Waals surface area contributed by atoms with Crippen molar-refractivity contribution in [3.8, 4) is 17.0 Å². The lowest BCUT2D eigenvalue weighted by Gasteiger charge is -2.03. The van der Waals surface area contributed by atoms with E-state index < -0.39 is 0 Å². The molecule has 25 heavy (non-hydrogen) atoms. The predicted molar refractivity (Wildman–Crippen MR) is 99.9 cm³/mol. The summed E-state index contributed by atoms with van der Waals surface area (Å²) in [6.45, 7) is 0. The van der Waals surface area contributed by atoms with E-state index in [4.69, 9.17) is 4.74 Å². The lowest BCUT2D eigenvalue weighted by atomic mass is 10.2. The molecule has 0 aliphatic rings. The van der Waals surface area contributed by atoms with E-state index in [0.717, 1.165) is 28.8 Å². The third-order valence-corrected chi connectivity index (χ3v) is 5.14. The molecule has 2 aromatic carbocycles. The highest BCUT2D eigenvalue weighted by atomic mass is 32.2. The van der Waals surface area contributed by atoms with Crippen molar-refractivity contribution in [3.63, 3.8) is 0 Å². The maximum absolute atomic E-state index is 13.5. The van der Waals surface area contributed by atoms with E-state index >= 15 is 0 Å². The number of rotatable bonds is 6. The molecule has 4 nitrogen and oxygen atoms in total. The molecule has 0 saturated carbocycles. The van der Waals surface area contributed by atoms with Crippen molar-refractivity contribution >= 4 is 34.1 Å². The Balaban J connectivity index is 1.59.